The van der Waals surface area contributed by atoms with E-state index in [4.69, 9.17) is 9.47 Å². The number of hydrogen-bond acceptors (Lipinski definition) is 5. The first kappa shape index (κ1) is 19.1. The second-order valence-corrected chi connectivity index (χ2v) is 5.67. The summed E-state index contributed by atoms with van der Waals surface area (Å²) >= 11 is 0. The van der Waals surface area contributed by atoms with Crippen molar-refractivity contribution in [3.05, 3.63) is 53.6 Å². The van der Waals surface area contributed by atoms with Gasteiger partial charge in [0, 0.05) is 6.42 Å². The van der Waals surface area contributed by atoms with Crippen LogP contribution in [0.25, 0.3) is 0 Å². The van der Waals surface area contributed by atoms with E-state index in [0.717, 1.165) is 5.56 Å². The van der Waals surface area contributed by atoms with Gasteiger partial charge >= 0.3 is 5.97 Å². The highest BCUT2D eigenvalue weighted by atomic mass is 16.5. The van der Waals surface area contributed by atoms with Crippen LogP contribution in [-0.2, 0) is 22.4 Å². The van der Waals surface area contributed by atoms with Crippen molar-refractivity contribution in [3.8, 4) is 17.2 Å². The van der Waals surface area contributed by atoms with Gasteiger partial charge in [-0.3, -0.25) is 4.79 Å². The lowest BCUT2D eigenvalue weighted by molar-refractivity contribution is -0.141. The van der Waals surface area contributed by atoms with E-state index in [-0.39, 0.29) is 30.1 Å². The second kappa shape index (κ2) is 8.75. The van der Waals surface area contributed by atoms with E-state index in [2.05, 4.69) is 5.32 Å². The Morgan fingerprint density at radius 2 is 1.62 bits per heavy atom. The molecule has 0 heterocycles. The molecule has 2 aromatic carbocycles. The molecular weight excluding hydrogens is 338 g/mol. The zero-order valence-corrected chi connectivity index (χ0v) is 14.6. The monoisotopic (exact) mass is 359 g/mol. The summed E-state index contributed by atoms with van der Waals surface area (Å²) in [6, 6.07) is 11.0. The van der Waals surface area contributed by atoms with Gasteiger partial charge in [0.2, 0.25) is 11.7 Å². The number of aliphatic carboxylic acids is 1. The van der Waals surface area contributed by atoms with Gasteiger partial charge in [-0.25, -0.2) is 4.79 Å². The standard InChI is InChI=1S/C19H21NO6/c1-25-15-9-13(10-16(26-2)18(15)22)11-17(21)20-14(19(23)24)8-12-6-4-3-5-7-12/h3-7,9-10,14,22H,8,11H2,1-2H3,(H,20,21)(H,23,24)/t14-/m0/s1. The van der Waals surface area contributed by atoms with Crippen LogP contribution in [0.4, 0.5) is 0 Å². The average molecular weight is 359 g/mol. The minimum absolute atomic E-state index is 0.0778. The maximum Gasteiger partial charge on any atom is 0.326 e. The van der Waals surface area contributed by atoms with Crippen molar-refractivity contribution in [3.63, 3.8) is 0 Å². The first-order valence-corrected chi connectivity index (χ1v) is 7.94. The number of benzene rings is 2. The molecule has 7 heteroatoms. The molecule has 0 radical (unpaired) electrons. The van der Waals surface area contributed by atoms with Gasteiger partial charge in [0.15, 0.2) is 11.5 Å². The van der Waals surface area contributed by atoms with Crippen molar-refractivity contribution in [1.29, 1.82) is 0 Å². The smallest absolute Gasteiger partial charge is 0.326 e. The minimum atomic E-state index is -1.11. The number of hydrogen-bond donors (Lipinski definition) is 3. The lowest BCUT2D eigenvalue weighted by Gasteiger charge is -2.15. The molecule has 7 nitrogen and oxygen atoms in total. The number of carbonyl (C=O) groups excluding carboxylic acids is 1. The summed E-state index contributed by atoms with van der Waals surface area (Å²) in [5, 5.41) is 21.8. The zero-order valence-electron chi connectivity index (χ0n) is 14.6. The first-order valence-electron chi connectivity index (χ1n) is 7.94. The van der Waals surface area contributed by atoms with Crippen LogP contribution in [0.2, 0.25) is 0 Å². The third kappa shape index (κ3) is 4.89. The Morgan fingerprint density at radius 1 is 1.04 bits per heavy atom. The maximum atomic E-state index is 12.3. The number of amides is 1. The number of rotatable bonds is 8. The summed E-state index contributed by atoms with van der Waals surface area (Å²) in [4.78, 5) is 23.7. The molecule has 138 valence electrons. The van der Waals surface area contributed by atoms with Crippen LogP contribution in [0.5, 0.6) is 17.2 Å². The van der Waals surface area contributed by atoms with Crippen LogP contribution in [0, 0.1) is 0 Å². The number of phenolic OH excluding ortho intramolecular Hbond substituents is 1. The molecule has 0 fully saturated rings. The number of ether oxygens (including phenoxy) is 2. The topological polar surface area (TPSA) is 105 Å². The molecule has 0 aromatic heterocycles. The van der Waals surface area contributed by atoms with Crippen LogP contribution >= 0.6 is 0 Å². The van der Waals surface area contributed by atoms with Gasteiger partial charge in [-0.1, -0.05) is 30.3 Å². The Morgan fingerprint density at radius 3 is 2.12 bits per heavy atom. The van der Waals surface area contributed by atoms with Crippen LogP contribution < -0.4 is 14.8 Å². The third-order valence-electron chi connectivity index (χ3n) is 3.82. The zero-order chi connectivity index (χ0) is 19.1. The number of carboxylic acid groups (broad SMARTS) is 1. The molecule has 2 aromatic rings. The van der Waals surface area contributed by atoms with Crippen molar-refractivity contribution in [2.45, 2.75) is 18.9 Å². The highest BCUT2D eigenvalue weighted by Gasteiger charge is 2.21. The Hall–Kier alpha value is -3.22. The Bertz CT molecular complexity index is 750. The number of aromatic hydroxyl groups is 1. The molecule has 0 aliphatic rings. The molecule has 3 N–H and O–H groups in total. The van der Waals surface area contributed by atoms with E-state index >= 15 is 0 Å². The Kier molecular flexibility index (Phi) is 6.43. The van der Waals surface area contributed by atoms with Crippen molar-refractivity contribution in [2.24, 2.45) is 0 Å². The summed E-state index contributed by atoms with van der Waals surface area (Å²) in [6.45, 7) is 0. The molecule has 0 aliphatic heterocycles. The molecule has 0 saturated heterocycles. The fourth-order valence-electron chi connectivity index (χ4n) is 2.53. The molecule has 1 atom stereocenters. The Balaban J connectivity index is 2.09. The SMILES string of the molecule is COc1cc(CC(=O)N[C@@H](Cc2ccccc2)C(=O)O)cc(OC)c1O. The fraction of sp³-hybridized carbons (Fsp3) is 0.263. The van der Waals surface area contributed by atoms with Crippen LogP contribution in [0.1, 0.15) is 11.1 Å². The highest BCUT2D eigenvalue weighted by molar-refractivity contribution is 5.85. The van der Waals surface area contributed by atoms with Crippen LogP contribution in [-0.4, -0.2) is 42.4 Å². The maximum absolute atomic E-state index is 12.3. The van der Waals surface area contributed by atoms with Gasteiger partial charge in [-0.15, -0.1) is 0 Å². The lowest BCUT2D eigenvalue weighted by Crippen LogP contribution is -2.43. The fourth-order valence-corrected chi connectivity index (χ4v) is 2.53. The van der Waals surface area contributed by atoms with Gasteiger partial charge in [0.05, 0.1) is 20.6 Å². The summed E-state index contributed by atoms with van der Waals surface area (Å²) in [7, 11) is 2.78. The van der Waals surface area contributed by atoms with E-state index in [0.29, 0.717) is 5.56 Å². The highest BCUT2D eigenvalue weighted by Crippen LogP contribution is 2.37. The quantitative estimate of drug-likeness (QED) is 0.663. The van der Waals surface area contributed by atoms with E-state index < -0.39 is 17.9 Å². The van der Waals surface area contributed by atoms with Gasteiger partial charge in [-0.2, -0.15) is 0 Å². The minimum Gasteiger partial charge on any atom is -0.502 e. The van der Waals surface area contributed by atoms with E-state index in [9.17, 15) is 19.8 Å². The van der Waals surface area contributed by atoms with Crippen LogP contribution in [0.15, 0.2) is 42.5 Å². The third-order valence-corrected chi connectivity index (χ3v) is 3.82. The van der Waals surface area contributed by atoms with E-state index in [1.807, 2.05) is 18.2 Å². The molecule has 26 heavy (non-hydrogen) atoms. The second-order valence-electron chi connectivity index (χ2n) is 5.67. The molecule has 1 amide bonds. The largest absolute Gasteiger partial charge is 0.502 e. The average Bonchev–Trinajstić information content (AvgIpc) is 2.63. The molecule has 0 aliphatic carbocycles. The number of nitrogens with one attached hydrogen (secondary N) is 1. The summed E-state index contributed by atoms with van der Waals surface area (Å²) in [5.41, 5.74) is 1.34. The van der Waals surface area contributed by atoms with Gasteiger partial charge in [0.25, 0.3) is 0 Å². The predicted molar refractivity (Wildman–Crippen MR) is 94.6 cm³/mol. The predicted octanol–water partition coefficient (Wildman–Crippen LogP) is 1.76. The Labute approximate surface area is 151 Å². The molecule has 0 unspecified atom stereocenters. The molecule has 0 bridgehead atoms. The van der Waals surface area contributed by atoms with Crippen molar-refractivity contribution in [1.82, 2.24) is 5.32 Å². The van der Waals surface area contributed by atoms with E-state index in [1.54, 1.807) is 12.1 Å². The summed E-state index contributed by atoms with van der Waals surface area (Å²) in [6.07, 6.45) is 0.107. The van der Waals surface area contributed by atoms with Crippen LogP contribution in [0.3, 0.4) is 0 Å². The molecule has 0 spiro atoms. The summed E-state index contributed by atoms with van der Waals surface area (Å²) in [5.74, 6) is -1.38. The molecule has 0 saturated carbocycles. The normalized spacial score (nSPS) is 11.5. The van der Waals surface area contributed by atoms with Gasteiger partial charge < -0.3 is 25.0 Å². The number of carbonyl (C=O) groups is 2. The molecular formula is C19H21NO6. The number of methoxy groups -OCH3 is 2. The first-order chi connectivity index (χ1) is 12.4. The van der Waals surface area contributed by atoms with Gasteiger partial charge in [0.1, 0.15) is 6.04 Å². The van der Waals surface area contributed by atoms with Crippen molar-refractivity contribution in [2.75, 3.05) is 14.2 Å². The van der Waals surface area contributed by atoms with Gasteiger partial charge in [-0.05, 0) is 23.3 Å². The lowest BCUT2D eigenvalue weighted by atomic mass is 10.1. The van der Waals surface area contributed by atoms with Crippen molar-refractivity contribution < 1.29 is 29.3 Å². The number of phenols is 1. The molecule has 2 rings (SSSR count). The van der Waals surface area contributed by atoms with Crippen molar-refractivity contribution >= 4 is 11.9 Å². The summed E-state index contributed by atoms with van der Waals surface area (Å²) < 4.78 is 10.1. The van der Waals surface area contributed by atoms with E-state index in [1.165, 1.54) is 26.4 Å². The number of carboxylic acids is 1.